The molecule has 1 amide bonds. The summed E-state index contributed by atoms with van der Waals surface area (Å²) in [6.45, 7) is 0.856. The third-order valence-electron chi connectivity index (χ3n) is 2.84. The Balaban J connectivity index is 1.95. The molecular weight excluding hydrogens is 252 g/mol. The Labute approximate surface area is 109 Å². The summed E-state index contributed by atoms with van der Waals surface area (Å²) in [4.78, 5) is 15.3. The third-order valence-corrected chi connectivity index (χ3v) is 4.59. The molecule has 0 unspecified atom stereocenters. The number of carbonyl (C=O) groups is 1. The predicted molar refractivity (Wildman–Crippen MR) is 70.9 cm³/mol. The summed E-state index contributed by atoms with van der Waals surface area (Å²) in [6, 6.07) is 6.45. The van der Waals surface area contributed by atoms with Crippen molar-refractivity contribution >= 4 is 29.0 Å². The van der Waals surface area contributed by atoms with Crippen molar-refractivity contribution in [2.45, 2.75) is 18.9 Å². The van der Waals surface area contributed by atoms with E-state index in [0.717, 1.165) is 19.4 Å². The van der Waals surface area contributed by atoms with Crippen molar-refractivity contribution in [1.29, 1.82) is 5.26 Å². The van der Waals surface area contributed by atoms with Crippen LogP contribution in [0.15, 0.2) is 17.5 Å². The highest BCUT2D eigenvalue weighted by Crippen LogP contribution is 2.34. The molecule has 0 N–H and O–H groups in total. The maximum Gasteiger partial charge on any atom is 0.233 e. The minimum atomic E-state index is 0.168. The first-order chi connectivity index (χ1) is 8.33. The Morgan fingerprint density at radius 2 is 2.59 bits per heavy atom. The molecule has 0 bridgehead atoms. The second-order valence-electron chi connectivity index (χ2n) is 3.91. The molecule has 90 valence electrons. The van der Waals surface area contributed by atoms with Crippen molar-refractivity contribution in [2.75, 3.05) is 18.1 Å². The number of thiophene rings is 1. The van der Waals surface area contributed by atoms with Gasteiger partial charge in [-0.3, -0.25) is 4.79 Å². The average Bonchev–Trinajstić information content (AvgIpc) is 2.99. The molecule has 3 nitrogen and oxygen atoms in total. The Bertz CT molecular complexity index is 411. The highest BCUT2D eigenvalue weighted by molar-refractivity contribution is 8.00. The largest absolute Gasteiger partial charge is 0.334 e. The molecule has 0 radical (unpaired) electrons. The molecule has 1 aliphatic heterocycles. The van der Waals surface area contributed by atoms with Crippen LogP contribution in [0.5, 0.6) is 0 Å². The minimum absolute atomic E-state index is 0.168. The average molecular weight is 266 g/mol. The topological polar surface area (TPSA) is 44.1 Å². The van der Waals surface area contributed by atoms with Gasteiger partial charge in [-0.15, -0.1) is 23.1 Å². The number of nitriles is 1. The molecule has 1 fully saturated rings. The Morgan fingerprint density at radius 1 is 1.71 bits per heavy atom. The number of hydrogen-bond donors (Lipinski definition) is 0. The van der Waals surface area contributed by atoms with E-state index in [1.165, 1.54) is 16.6 Å². The first-order valence-corrected chi connectivity index (χ1v) is 7.64. The van der Waals surface area contributed by atoms with Crippen LogP contribution in [0, 0.1) is 11.3 Å². The van der Waals surface area contributed by atoms with Crippen molar-refractivity contribution in [3.63, 3.8) is 0 Å². The van der Waals surface area contributed by atoms with Crippen molar-refractivity contribution in [1.82, 2.24) is 4.90 Å². The van der Waals surface area contributed by atoms with E-state index in [0.29, 0.717) is 11.5 Å². The van der Waals surface area contributed by atoms with E-state index in [1.54, 1.807) is 11.3 Å². The quantitative estimate of drug-likeness (QED) is 0.787. The molecule has 17 heavy (non-hydrogen) atoms. The van der Waals surface area contributed by atoms with Gasteiger partial charge >= 0.3 is 0 Å². The smallest absolute Gasteiger partial charge is 0.233 e. The van der Waals surface area contributed by atoms with Crippen LogP contribution in [-0.4, -0.2) is 28.9 Å². The molecule has 1 saturated heterocycles. The van der Waals surface area contributed by atoms with Crippen LogP contribution in [0.3, 0.4) is 0 Å². The second kappa shape index (κ2) is 6.08. The summed E-state index contributed by atoms with van der Waals surface area (Å²) in [7, 11) is 0. The minimum Gasteiger partial charge on any atom is -0.334 e. The van der Waals surface area contributed by atoms with Gasteiger partial charge in [0.2, 0.25) is 5.91 Å². The van der Waals surface area contributed by atoms with Crippen molar-refractivity contribution < 1.29 is 4.79 Å². The fourth-order valence-electron chi connectivity index (χ4n) is 2.11. The molecule has 5 heteroatoms. The number of amides is 1. The standard InChI is InChI=1S/C12H14N2OS2/c13-5-8-16-9-12(15)14-6-1-3-10(14)11-4-2-7-17-11/h2,4,7,10H,1,3,6,8-9H2/t10-/m1/s1. The van der Waals surface area contributed by atoms with Gasteiger partial charge in [0.15, 0.2) is 0 Å². The molecule has 1 aliphatic rings. The van der Waals surface area contributed by atoms with E-state index in [4.69, 9.17) is 5.26 Å². The summed E-state index contributed by atoms with van der Waals surface area (Å²) < 4.78 is 0. The maximum atomic E-state index is 12.0. The van der Waals surface area contributed by atoms with Crippen LogP contribution in [0.1, 0.15) is 23.8 Å². The third kappa shape index (κ3) is 3.02. The van der Waals surface area contributed by atoms with Gasteiger partial charge in [0.05, 0.1) is 23.6 Å². The van der Waals surface area contributed by atoms with Gasteiger partial charge in [-0.2, -0.15) is 5.26 Å². The van der Waals surface area contributed by atoms with Crippen LogP contribution in [-0.2, 0) is 4.79 Å². The molecule has 0 saturated carbocycles. The first-order valence-electron chi connectivity index (χ1n) is 5.60. The summed E-state index contributed by atoms with van der Waals surface area (Å²) in [6.07, 6.45) is 2.15. The lowest BCUT2D eigenvalue weighted by molar-refractivity contribution is -0.129. The first kappa shape index (κ1) is 12.5. The van der Waals surface area contributed by atoms with Crippen LogP contribution in [0.25, 0.3) is 0 Å². The number of likely N-dealkylation sites (tertiary alicyclic amines) is 1. The number of thioether (sulfide) groups is 1. The van der Waals surface area contributed by atoms with Gasteiger partial charge < -0.3 is 4.90 Å². The molecule has 1 aromatic rings. The summed E-state index contributed by atoms with van der Waals surface area (Å²) >= 11 is 3.12. The van der Waals surface area contributed by atoms with E-state index < -0.39 is 0 Å². The highest BCUT2D eigenvalue weighted by Gasteiger charge is 2.30. The summed E-state index contributed by atoms with van der Waals surface area (Å²) in [5.41, 5.74) is 0. The number of rotatable bonds is 4. The van der Waals surface area contributed by atoms with Crippen molar-refractivity contribution in [3.8, 4) is 6.07 Å². The Kier molecular flexibility index (Phi) is 4.46. The van der Waals surface area contributed by atoms with Crippen LogP contribution in [0.2, 0.25) is 0 Å². The number of hydrogen-bond acceptors (Lipinski definition) is 4. The summed E-state index contributed by atoms with van der Waals surface area (Å²) in [5.74, 6) is 0.986. The molecule has 0 spiro atoms. The monoisotopic (exact) mass is 266 g/mol. The SMILES string of the molecule is N#CCSCC(=O)N1CCC[C@@H]1c1cccs1. The number of carbonyl (C=O) groups excluding carboxylic acids is 1. The zero-order valence-corrected chi connectivity index (χ0v) is 11.1. The molecule has 2 heterocycles. The fourth-order valence-corrected chi connectivity index (χ4v) is 3.52. The van der Waals surface area contributed by atoms with Gasteiger partial charge in [0.1, 0.15) is 0 Å². The fraction of sp³-hybridized carbons (Fsp3) is 0.500. The maximum absolute atomic E-state index is 12.0. The molecule has 1 atom stereocenters. The van der Waals surface area contributed by atoms with Crippen molar-refractivity contribution in [3.05, 3.63) is 22.4 Å². The van der Waals surface area contributed by atoms with Gasteiger partial charge in [-0.05, 0) is 24.3 Å². The van der Waals surface area contributed by atoms with Gasteiger partial charge in [-0.25, -0.2) is 0 Å². The van der Waals surface area contributed by atoms with E-state index in [-0.39, 0.29) is 11.9 Å². The number of nitrogens with zero attached hydrogens (tertiary/aromatic N) is 2. The van der Waals surface area contributed by atoms with Crippen molar-refractivity contribution in [2.24, 2.45) is 0 Å². The van der Waals surface area contributed by atoms with E-state index in [1.807, 2.05) is 17.0 Å². The van der Waals surface area contributed by atoms with E-state index in [2.05, 4.69) is 11.4 Å². The molecular formula is C12H14N2OS2. The molecule has 1 aromatic heterocycles. The lowest BCUT2D eigenvalue weighted by atomic mass is 10.2. The Morgan fingerprint density at radius 3 is 3.29 bits per heavy atom. The van der Waals surface area contributed by atoms with Crippen LogP contribution < -0.4 is 0 Å². The zero-order chi connectivity index (χ0) is 12.1. The molecule has 0 aromatic carbocycles. The van der Waals surface area contributed by atoms with Crippen LogP contribution in [0.4, 0.5) is 0 Å². The zero-order valence-electron chi connectivity index (χ0n) is 9.46. The van der Waals surface area contributed by atoms with E-state index >= 15 is 0 Å². The summed E-state index contributed by atoms with van der Waals surface area (Å²) in [5, 5.41) is 10.5. The highest BCUT2D eigenvalue weighted by atomic mass is 32.2. The normalized spacial score (nSPS) is 19.2. The molecule has 2 rings (SSSR count). The lowest BCUT2D eigenvalue weighted by Gasteiger charge is -2.23. The van der Waals surface area contributed by atoms with E-state index in [9.17, 15) is 4.79 Å². The van der Waals surface area contributed by atoms with Gasteiger partial charge in [-0.1, -0.05) is 6.07 Å². The molecule has 0 aliphatic carbocycles. The lowest BCUT2D eigenvalue weighted by Crippen LogP contribution is -2.31. The van der Waals surface area contributed by atoms with Crippen LogP contribution >= 0.6 is 23.1 Å². The Hall–Kier alpha value is -0.990. The van der Waals surface area contributed by atoms with Gasteiger partial charge in [0, 0.05) is 11.4 Å². The second-order valence-corrected chi connectivity index (χ2v) is 5.88. The van der Waals surface area contributed by atoms with Gasteiger partial charge in [0.25, 0.3) is 0 Å². The predicted octanol–water partition coefficient (Wildman–Crippen LogP) is 2.67.